The molecule has 0 atom stereocenters. The molecule has 0 radical (unpaired) electrons. The third-order valence-electron chi connectivity index (χ3n) is 2.31. The lowest BCUT2D eigenvalue weighted by Crippen LogP contribution is -2.25. The summed E-state index contributed by atoms with van der Waals surface area (Å²) in [5.74, 6) is 0.980. The van der Waals surface area contributed by atoms with Crippen molar-refractivity contribution < 1.29 is 9.53 Å². The molecule has 0 saturated heterocycles. The predicted molar refractivity (Wildman–Crippen MR) is 67.0 cm³/mol. The second-order valence-corrected chi connectivity index (χ2v) is 3.77. The van der Waals surface area contributed by atoms with Crippen LogP contribution in [0.15, 0.2) is 24.3 Å². The lowest BCUT2D eigenvalue weighted by molar-refractivity contribution is -0.121. The lowest BCUT2D eigenvalue weighted by atomic mass is 10.3. The highest BCUT2D eigenvalue weighted by molar-refractivity contribution is 5.75. The maximum absolute atomic E-state index is 11.5. The number of H-pyrrole nitrogens is 1. The third kappa shape index (κ3) is 4.26. The van der Waals surface area contributed by atoms with Gasteiger partial charge >= 0.3 is 0 Å². The molecule has 0 spiro atoms. The fourth-order valence-corrected chi connectivity index (χ4v) is 1.35. The highest BCUT2D eigenvalue weighted by Crippen LogP contribution is 2.12. The molecule has 1 aromatic heterocycles. The van der Waals surface area contributed by atoms with E-state index in [1.165, 1.54) is 0 Å². The molecular weight excluding hydrogens is 248 g/mol. The van der Waals surface area contributed by atoms with Gasteiger partial charge in [0.2, 0.25) is 5.91 Å². The Labute approximate surface area is 109 Å². The Morgan fingerprint density at radius 2 is 2.16 bits per heavy atom. The molecule has 100 valence electrons. The minimum Gasteiger partial charge on any atom is -0.493 e. The fraction of sp³-hybridized carbons (Fsp3) is 0.273. The van der Waals surface area contributed by atoms with Gasteiger partial charge in [-0.05, 0) is 24.3 Å². The normalized spacial score (nSPS) is 10.1. The molecule has 0 aliphatic carbocycles. The van der Waals surface area contributed by atoms with Gasteiger partial charge in [0.05, 0.1) is 19.6 Å². The Morgan fingerprint density at radius 1 is 1.37 bits per heavy atom. The Kier molecular flexibility index (Phi) is 4.27. The van der Waals surface area contributed by atoms with Gasteiger partial charge in [0.25, 0.3) is 0 Å². The summed E-state index contributed by atoms with van der Waals surface area (Å²) in [5.41, 5.74) is 6.22. The van der Waals surface area contributed by atoms with Crippen molar-refractivity contribution >= 4 is 11.6 Å². The van der Waals surface area contributed by atoms with E-state index in [2.05, 4.69) is 25.9 Å². The molecule has 2 aromatic rings. The molecule has 8 nitrogen and oxygen atoms in total. The smallest absolute Gasteiger partial charge is 0.223 e. The van der Waals surface area contributed by atoms with Crippen molar-refractivity contribution in [2.75, 3.05) is 12.3 Å². The van der Waals surface area contributed by atoms with Crippen LogP contribution in [-0.4, -0.2) is 33.1 Å². The maximum Gasteiger partial charge on any atom is 0.223 e. The monoisotopic (exact) mass is 262 g/mol. The number of carbonyl (C=O) groups excluding carboxylic acids is 1. The second kappa shape index (κ2) is 6.34. The van der Waals surface area contributed by atoms with Crippen molar-refractivity contribution in [2.24, 2.45) is 0 Å². The number of aromatic nitrogens is 4. The number of rotatable bonds is 6. The Balaban J connectivity index is 1.65. The summed E-state index contributed by atoms with van der Waals surface area (Å²) in [6, 6.07) is 7.00. The molecule has 0 aliphatic rings. The summed E-state index contributed by atoms with van der Waals surface area (Å²) >= 11 is 0. The van der Waals surface area contributed by atoms with Crippen LogP contribution in [0.2, 0.25) is 0 Å². The Morgan fingerprint density at radius 3 is 2.84 bits per heavy atom. The van der Waals surface area contributed by atoms with Gasteiger partial charge < -0.3 is 15.8 Å². The topological polar surface area (TPSA) is 119 Å². The number of anilines is 1. The number of hydrogen-bond acceptors (Lipinski definition) is 6. The van der Waals surface area contributed by atoms with Crippen LogP contribution in [0.4, 0.5) is 5.69 Å². The number of nitrogen functional groups attached to an aromatic ring is 1. The maximum atomic E-state index is 11.5. The molecule has 0 saturated carbocycles. The average Bonchev–Trinajstić information content (AvgIpc) is 2.92. The zero-order chi connectivity index (χ0) is 13.5. The Hall–Kier alpha value is -2.64. The van der Waals surface area contributed by atoms with Gasteiger partial charge in [-0.15, -0.1) is 10.2 Å². The van der Waals surface area contributed by atoms with Crippen molar-refractivity contribution in [1.29, 1.82) is 0 Å². The molecule has 0 aliphatic heterocycles. The quantitative estimate of drug-likeness (QED) is 0.624. The van der Waals surface area contributed by atoms with Crippen LogP contribution >= 0.6 is 0 Å². The summed E-state index contributed by atoms with van der Waals surface area (Å²) in [6.45, 7) is 0.541. The first-order valence-electron chi connectivity index (χ1n) is 5.71. The van der Waals surface area contributed by atoms with Crippen LogP contribution in [0.25, 0.3) is 0 Å². The number of ether oxygens (including phenoxy) is 1. The minimum atomic E-state index is -0.139. The molecule has 19 heavy (non-hydrogen) atoms. The Bertz CT molecular complexity index is 510. The summed E-state index contributed by atoms with van der Waals surface area (Å²) < 4.78 is 5.40. The fourth-order valence-electron chi connectivity index (χ4n) is 1.35. The van der Waals surface area contributed by atoms with E-state index >= 15 is 0 Å². The average molecular weight is 262 g/mol. The number of nitrogens with two attached hydrogens (primary N) is 1. The van der Waals surface area contributed by atoms with Gasteiger partial charge in [0, 0.05) is 5.69 Å². The van der Waals surface area contributed by atoms with E-state index in [1.807, 2.05) is 0 Å². The zero-order valence-electron chi connectivity index (χ0n) is 10.2. The van der Waals surface area contributed by atoms with Crippen molar-refractivity contribution in [1.82, 2.24) is 25.9 Å². The summed E-state index contributed by atoms with van der Waals surface area (Å²) in [6.07, 6.45) is 0.252. The number of benzene rings is 1. The highest BCUT2D eigenvalue weighted by Gasteiger charge is 2.04. The van der Waals surface area contributed by atoms with E-state index < -0.39 is 0 Å². The largest absolute Gasteiger partial charge is 0.493 e. The number of carbonyl (C=O) groups is 1. The molecule has 0 fully saturated rings. The van der Waals surface area contributed by atoms with Crippen molar-refractivity contribution in [3.05, 3.63) is 30.1 Å². The van der Waals surface area contributed by atoms with E-state index in [0.717, 1.165) is 0 Å². The SMILES string of the molecule is Nc1ccc(OCCC(=O)NCc2nn[nH]n2)cc1. The second-order valence-electron chi connectivity index (χ2n) is 3.77. The minimum absolute atomic E-state index is 0.139. The van der Waals surface area contributed by atoms with E-state index in [0.29, 0.717) is 23.9 Å². The molecule has 8 heteroatoms. The van der Waals surface area contributed by atoms with E-state index in [9.17, 15) is 4.79 Å². The molecular formula is C11H14N6O2. The summed E-state index contributed by atoms with van der Waals surface area (Å²) in [7, 11) is 0. The van der Waals surface area contributed by atoms with E-state index in [-0.39, 0.29) is 18.9 Å². The van der Waals surface area contributed by atoms with E-state index in [4.69, 9.17) is 10.5 Å². The van der Waals surface area contributed by atoms with Gasteiger partial charge in [-0.3, -0.25) is 4.79 Å². The van der Waals surface area contributed by atoms with Crippen LogP contribution in [0.3, 0.4) is 0 Å². The number of amides is 1. The molecule has 2 rings (SSSR count). The summed E-state index contributed by atoms with van der Waals surface area (Å²) in [5, 5.41) is 15.8. The first-order chi connectivity index (χ1) is 9.24. The van der Waals surface area contributed by atoms with Gasteiger partial charge in [0.1, 0.15) is 5.75 Å². The van der Waals surface area contributed by atoms with Crippen LogP contribution < -0.4 is 15.8 Å². The van der Waals surface area contributed by atoms with Gasteiger partial charge in [-0.2, -0.15) is 5.21 Å². The standard InChI is InChI=1S/C11H14N6O2/c12-8-1-3-9(4-2-8)19-6-5-11(18)13-7-10-14-16-17-15-10/h1-4H,5-7,12H2,(H,13,18)(H,14,15,16,17). The lowest BCUT2D eigenvalue weighted by Gasteiger charge is -2.06. The molecule has 4 N–H and O–H groups in total. The molecule has 0 unspecified atom stereocenters. The number of nitrogens with zero attached hydrogens (tertiary/aromatic N) is 3. The van der Waals surface area contributed by atoms with Crippen molar-refractivity contribution in [3.63, 3.8) is 0 Å². The molecule has 1 heterocycles. The van der Waals surface area contributed by atoms with Gasteiger partial charge in [-0.25, -0.2) is 0 Å². The first kappa shape index (κ1) is 12.8. The summed E-state index contributed by atoms with van der Waals surface area (Å²) in [4.78, 5) is 11.5. The first-order valence-corrected chi connectivity index (χ1v) is 5.71. The van der Waals surface area contributed by atoms with Crippen molar-refractivity contribution in [3.8, 4) is 5.75 Å². The van der Waals surface area contributed by atoms with Crippen molar-refractivity contribution in [2.45, 2.75) is 13.0 Å². The van der Waals surface area contributed by atoms with Crippen LogP contribution in [0.5, 0.6) is 5.75 Å². The molecule has 1 amide bonds. The number of tetrazole rings is 1. The predicted octanol–water partition coefficient (Wildman–Crippen LogP) is -0.133. The van der Waals surface area contributed by atoms with Gasteiger partial charge in [0.15, 0.2) is 5.82 Å². The molecule has 1 aromatic carbocycles. The van der Waals surface area contributed by atoms with Crippen LogP contribution in [0, 0.1) is 0 Å². The third-order valence-corrected chi connectivity index (χ3v) is 2.31. The van der Waals surface area contributed by atoms with E-state index in [1.54, 1.807) is 24.3 Å². The van der Waals surface area contributed by atoms with Gasteiger partial charge in [-0.1, -0.05) is 5.21 Å². The number of aromatic amines is 1. The zero-order valence-corrected chi connectivity index (χ0v) is 10.2. The molecule has 0 bridgehead atoms. The van der Waals surface area contributed by atoms with Crippen LogP contribution in [-0.2, 0) is 11.3 Å². The number of nitrogens with one attached hydrogen (secondary N) is 2. The highest BCUT2D eigenvalue weighted by atomic mass is 16.5. The van der Waals surface area contributed by atoms with Crippen LogP contribution in [0.1, 0.15) is 12.2 Å². The number of hydrogen-bond donors (Lipinski definition) is 3.